The summed E-state index contributed by atoms with van der Waals surface area (Å²) in [6.45, 7) is 0. The molecular weight excluding hydrogens is 278 g/mol. The van der Waals surface area contributed by atoms with Crippen molar-refractivity contribution >= 4 is 17.6 Å². The number of anilines is 1. The lowest BCUT2D eigenvalue weighted by molar-refractivity contribution is 0.880. The Labute approximate surface area is 129 Å². The zero-order chi connectivity index (χ0) is 14.2. The summed E-state index contributed by atoms with van der Waals surface area (Å²) < 4.78 is 0. The van der Waals surface area contributed by atoms with Crippen molar-refractivity contribution in [1.82, 2.24) is 9.97 Å². The average molecular weight is 297 g/mol. The molecule has 0 unspecified atom stereocenters. The van der Waals surface area contributed by atoms with E-state index < -0.39 is 0 Å². The monoisotopic (exact) mass is 297 g/mol. The Morgan fingerprint density at radius 3 is 2.76 bits per heavy atom. The molecule has 0 bridgehead atoms. The maximum atomic E-state index is 4.74. The first kappa shape index (κ1) is 13.1. The maximum Gasteiger partial charge on any atom is 0.135 e. The van der Waals surface area contributed by atoms with Crippen molar-refractivity contribution in [3.05, 3.63) is 41.2 Å². The molecule has 0 aliphatic heterocycles. The van der Waals surface area contributed by atoms with Crippen LogP contribution in [0.2, 0.25) is 0 Å². The lowest BCUT2D eigenvalue weighted by Gasteiger charge is -2.08. The van der Waals surface area contributed by atoms with Crippen molar-refractivity contribution in [2.45, 2.75) is 47.9 Å². The van der Waals surface area contributed by atoms with E-state index in [0.717, 1.165) is 16.7 Å². The van der Waals surface area contributed by atoms with Gasteiger partial charge in [-0.2, -0.15) is 0 Å². The van der Waals surface area contributed by atoms with Crippen molar-refractivity contribution in [2.75, 3.05) is 12.4 Å². The lowest BCUT2D eigenvalue weighted by Crippen LogP contribution is -2.00. The number of nitrogens with zero attached hydrogens (tertiary/aromatic N) is 2. The van der Waals surface area contributed by atoms with Crippen molar-refractivity contribution in [3.8, 4) is 0 Å². The first-order valence-electron chi connectivity index (χ1n) is 7.68. The first-order valence-corrected chi connectivity index (χ1v) is 8.50. The Balaban J connectivity index is 1.62. The number of aryl methyl sites for hydroxylation is 2. The van der Waals surface area contributed by atoms with Gasteiger partial charge in [0.25, 0.3) is 0 Å². The summed E-state index contributed by atoms with van der Waals surface area (Å²) in [7, 11) is 1.92. The van der Waals surface area contributed by atoms with Crippen LogP contribution in [0.3, 0.4) is 0 Å². The second-order valence-electron chi connectivity index (χ2n) is 5.86. The van der Waals surface area contributed by atoms with Crippen molar-refractivity contribution < 1.29 is 0 Å². The summed E-state index contributed by atoms with van der Waals surface area (Å²) >= 11 is 1.75. The number of benzene rings is 1. The number of hydrogen-bond donors (Lipinski definition) is 1. The molecule has 1 fully saturated rings. The lowest BCUT2D eigenvalue weighted by atomic mass is 10.1. The van der Waals surface area contributed by atoms with Crippen LogP contribution in [0.4, 0.5) is 5.82 Å². The van der Waals surface area contributed by atoms with Gasteiger partial charge in [0.15, 0.2) is 0 Å². The number of hydrogen-bond acceptors (Lipinski definition) is 4. The Kier molecular flexibility index (Phi) is 3.34. The second-order valence-corrected chi connectivity index (χ2v) is 6.95. The molecule has 1 aromatic carbocycles. The summed E-state index contributed by atoms with van der Waals surface area (Å²) in [5.41, 5.74) is 3.04. The zero-order valence-electron chi connectivity index (χ0n) is 12.2. The highest BCUT2D eigenvalue weighted by molar-refractivity contribution is 7.99. The molecule has 0 amide bonds. The fourth-order valence-corrected chi connectivity index (χ4v) is 3.77. The summed E-state index contributed by atoms with van der Waals surface area (Å²) in [5, 5.41) is 4.20. The minimum absolute atomic E-state index is 0.581. The van der Waals surface area contributed by atoms with Crippen LogP contribution >= 0.6 is 11.8 Å². The maximum absolute atomic E-state index is 4.74. The van der Waals surface area contributed by atoms with Gasteiger partial charge in [0, 0.05) is 23.9 Å². The van der Waals surface area contributed by atoms with E-state index in [4.69, 9.17) is 4.98 Å². The number of aromatic nitrogens is 2. The molecule has 2 aliphatic rings. The Morgan fingerprint density at radius 2 is 1.95 bits per heavy atom. The Hall–Kier alpha value is -1.55. The molecule has 4 heteroatoms. The molecule has 108 valence electrons. The van der Waals surface area contributed by atoms with Gasteiger partial charge < -0.3 is 5.32 Å². The molecule has 0 saturated heterocycles. The van der Waals surface area contributed by atoms with Gasteiger partial charge in [-0.3, -0.25) is 0 Å². The second kappa shape index (κ2) is 5.34. The normalized spacial score (nSPS) is 16.8. The highest BCUT2D eigenvalue weighted by Gasteiger charge is 2.27. The molecule has 1 aromatic heterocycles. The van der Waals surface area contributed by atoms with Crippen LogP contribution in [0.15, 0.2) is 34.2 Å². The topological polar surface area (TPSA) is 37.8 Å². The molecule has 2 aromatic rings. The van der Waals surface area contributed by atoms with Crippen molar-refractivity contribution in [2.24, 2.45) is 0 Å². The minimum atomic E-state index is 0.581. The predicted octanol–water partition coefficient (Wildman–Crippen LogP) is 4.04. The van der Waals surface area contributed by atoms with Gasteiger partial charge in [-0.05, 0) is 55.4 Å². The van der Waals surface area contributed by atoms with Gasteiger partial charge in [-0.1, -0.05) is 17.8 Å². The van der Waals surface area contributed by atoms with Gasteiger partial charge in [-0.25, -0.2) is 9.97 Å². The van der Waals surface area contributed by atoms with Gasteiger partial charge in [0.1, 0.15) is 16.7 Å². The minimum Gasteiger partial charge on any atom is -0.373 e. The smallest absolute Gasteiger partial charge is 0.135 e. The third-order valence-electron chi connectivity index (χ3n) is 4.21. The van der Waals surface area contributed by atoms with E-state index in [1.807, 2.05) is 13.1 Å². The highest BCUT2D eigenvalue weighted by Crippen LogP contribution is 2.40. The molecule has 2 aliphatic carbocycles. The first-order chi connectivity index (χ1) is 10.3. The number of rotatable bonds is 4. The van der Waals surface area contributed by atoms with E-state index in [1.165, 1.54) is 48.1 Å². The van der Waals surface area contributed by atoms with E-state index in [9.17, 15) is 0 Å². The summed E-state index contributed by atoms with van der Waals surface area (Å²) in [6.07, 6.45) is 6.23. The van der Waals surface area contributed by atoms with Crippen molar-refractivity contribution in [3.63, 3.8) is 0 Å². The Morgan fingerprint density at radius 1 is 1.10 bits per heavy atom. The fourth-order valence-electron chi connectivity index (χ4n) is 2.88. The average Bonchev–Trinajstić information content (AvgIpc) is 3.25. The third-order valence-corrected chi connectivity index (χ3v) is 5.12. The Bertz CT molecular complexity index is 680. The molecule has 1 saturated carbocycles. The highest BCUT2D eigenvalue weighted by atomic mass is 32.2. The van der Waals surface area contributed by atoms with Crippen LogP contribution < -0.4 is 5.32 Å². The van der Waals surface area contributed by atoms with Gasteiger partial charge in [-0.15, -0.1) is 0 Å². The van der Waals surface area contributed by atoms with E-state index in [2.05, 4.69) is 28.5 Å². The van der Waals surface area contributed by atoms with Gasteiger partial charge in [0.05, 0.1) is 0 Å². The summed E-state index contributed by atoms with van der Waals surface area (Å²) in [4.78, 5) is 10.6. The standard InChI is InChI=1S/C17H19N3S/c1-18-15-10-16(20-17(19-15)12-5-6-12)21-14-8-7-11-3-2-4-13(11)9-14/h7-10,12H,2-6H2,1H3,(H,18,19,20). The van der Waals surface area contributed by atoms with Gasteiger partial charge in [0.2, 0.25) is 0 Å². The molecule has 0 atom stereocenters. The van der Waals surface area contributed by atoms with E-state index in [1.54, 1.807) is 11.8 Å². The number of fused-ring (bicyclic) bond motifs is 1. The van der Waals surface area contributed by atoms with Crippen LogP contribution in [0.1, 0.15) is 42.1 Å². The van der Waals surface area contributed by atoms with E-state index >= 15 is 0 Å². The molecule has 1 N–H and O–H groups in total. The zero-order valence-corrected chi connectivity index (χ0v) is 13.0. The van der Waals surface area contributed by atoms with E-state index in [-0.39, 0.29) is 0 Å². The third kappa shape index (κ3) is 2.77. The van der Waals surface area contributed by atoms with Crippen molar-refractivity contribution in [1.29, 1.82) is 0 Å². The summed E-state index contributed by atoms with van der Waals surface area (Å²) in [6, 6.07) is 8.90. The molecule has 3 nitrogen and oxygen atoms in total. The van der Waals surface area contributed by atoms with Crippen LogP contribution in [0, 0.1) is 0 Å². The molecule has 4 rings (SSSR count). The predicted molar refractivity (Wildman–Crippen MR) is 86.1 cm³/mol. The molecule has 1 heterocycles. The van der Waals surface area contributed by atoms with E-state index in [0.29, 0.717) is 5.92 Å². The van der Waals surface area contributed by atoms with Crippen LogP contribution in [-0.2, 0) is 12.8 Å². The van der Waals surface area contributed by atoms with Crippen LogP contribution in [0.5, 0.6) is 0 Å². The fraction of sp³-hybridized carbons (Fsp3) is 0.412. The largest absolute Gasteiger partial charge is 0.373 e. The SMILES string of the molecule is CNc1cc(Sc2ccc3c(c2)CCC3)nc(C2CC2)n1. The van der Waals surface area contributed by atoms with Gasteiger partial charge >= 0.3 is 0 Å². The molecule has 21 heavy (non-hydrogen) atoms. The van der Waals surface area contributed by atoms with Crippen LogP contribution in [-0.4, -0.2) is 17.0 Å². The molecule has 0 radical (unpaired) electrons. The van der Waals surface area contributed by atoms with Crippen LogP contribution in [0.25, 0.3) is 0 Å². The quantitative estimate of drug-likeness (QED) is 0.864. The molecule has 0 spiro atoms. The number of nitrogens with one attached hydrogen (secondary N) is 1. The summed E-state index contributed by atoms with van der Waals surface area (Å²) in [5.74, 6) is 2.51. The molecular formula is C17H19N3S.